The zero-order valence-electron chi connectivity index (χ0n) is 26.2. The lowest BCUT2D eigenvalue weighted by Crippen LogP contribution is -2.61. The van der Waals surface area contributed by atoms with Crippen molar-refractivity contribution in [3.8, 4) is 5.75 Å². The van der Waals surface area contributed by atoms with Gasteiger partial charge in [0.1, 0.15) is 36.7 Å². The van der Waals surface area contributed by atoms with Crippen molar-refractivity contribution in [2.45, 2.75) is 96.4 Å². The molecule has 4 amide bonds. The number of carboxylic acid groups (broad SMARTS) is 1. The smallest absolute Gasteiger partial charge is 0.335 e. The fraction of sp³-hybridized carbons (Fsp3) is 0.621. The van der Waals surface area contributed by atoms with E-state index in [4.69, 9.17) is 19.9 Å². The molecule has 0 bridgehead atoms. The van der Waals surface area contributed by atoms with Gasteiger partial charge < -0.3 is 61.6 Å². The number of esters is 1. The van der Waals surface area contributed by atoms with E-state index in [1.54, 1.807) is 6.92 Å². The van der Waals surface area contributed by atoms with Gasteiger partial charge in [0.2, 0.25) is 18.1 Å². The van der Waals surface area contributed by atoms with E-state index in [1.165, 1.54) is 18.2 Å². The number of carbonyl (C=O) groups is 5. The lowest BCUT2D eigenvalue weighted by Gasteiger charge is -2.38. The number of amides is 4. The largest absolute Gasteiger partial charge is 0.479 e. The maximum absolute atomic E-state index is 13.6. The number of aliphatic carboxylic acids is 1. The average Bonchev–Trinajstić information content (AvgIpc) is 3.00. The number of nitrogens with one attached hydrogen (secondary N) is 4. The Kier molecular flexibility index (Phi) is 15.1. The number of aliphatic hydroxyl groups excluding tert-OH is 3. The summed E-state index contributed by atoms with van der Waals surface area (Å²) in [4.78, 5) is 61.1. The Morgan fingerprint density at radius 2 is 1.72 bits per heavy atom. The van der Waals surface area contributed by atoms with Gasteiger partial charge in [-0.05, 0) is 43.0 Å². The SMILES string of the molecule is CCN[C@H](C(=O)N[C@@H](CCCNC(N)=O)C(=O)Nc1ccc(COC(=O)CC)cc1O[C@@H]1O[C@H](C(=O)O)[C@@H](O)[C@H](O)[C@H]1O)C(C)C. The predicted octanol–water partition coefficient (Wildman–Crippen LogP) is -1.08. The van der Waals surface area contributed by atoms with Gasteiger partial charge in [-0.15, -0.1) is 0 Å². The highest BCUT2D eigenvalue weighted by Gasteiger charge is 2.48. The van der Waals surface area contributed by atoms with Crippen molar-refractivity contribution in [1.82, 2.24) is 16.0 Å². The summed E-state index contributed by atoms with van der Waals surface area (Å²) in [5.74, 6) is -3.53. The summed E-state index contributed by atoms with van der Waals surface area (Å²) in [6, 6.07) is 1.77. The molecule has 1 saturated heterocycles. The first kappa shape index (κ1) is 38.2. The van der Waals surface area contributed by atoms with Crippen LogP contribution in [-0.4, -0.2) is 106 Å². The van der Waals surface area contributed by atoms with Crippen LogP contribution in [0.4, 0.5) is 10.5 Å². The standard InChI is InChI=1S/C29H45N5O12/c1-5-19(35)44-13-15-9-10-16(18(12-15)45-28-23(38)21(36)22(37)24(46-28)27(41)42)33-25(39)17(8-7-11-32-29(30)43)34-26(40)20(14(3)4)31-6-2/h9-10,12,14,17,20-24,28,31,36-38H,5-8,11,13H2,1-4H3,(H,33,39)(H,34,40)(H,41,42)(H3,30,32,43)/t17-,20-,21-,22-,23+,24-,28+/m0/s1. The number of carboxylic acids is 1. The van der Waals surface area contributed by atoms with E-state index in [9.17, 15) is 44.4 Å². The van der Waals surface area contributed by atoms with Crippen LogP contribution in [0.5, 0.6) is 5.75 Å². The van der Waals surface area contributed by atoms with Crippen LogP contribution in [-0.2, 0) is 35.3 Å². The summed E-state index contributed by atoms with van der Waals surface area (Å²) in [6.07, 6.45) is -9.12. The highest BCUT2D eigenvalue weighted by atomic mass is 16.7. The van der Waals surface area contributed by atoms with E-state index >= 15 is 0 Å². The van der Waals surface area contributed by atoms with Crippen LogP contribution in [0.1, 0.15) is 52.5 Å². The number of carbonyl (C=O) groups excluding carboxylic acids is 4. The molecular formula is C29H45N5O12. The second-order valence-electron chi connectivity index (χ2n) is 11.0. The van der Waals surface area contributed by atoms with Crippen molar-refractivity contribution < 1.29 is 58.6 Å². The quantitative estimate of drug-likeness (QED) is 0.0715. The summed E-state index contributed by atoms with van der Waals surface area (Å²) in [5, 5.41) is 51.1. The minimum absolute atomic E-state index is 0.0135. The summed E-state index contributed by atoms with van der Waals surface area (Å²) >= 11 is 0. The van der Waals surface area contributed by atoms with Crippen molar-refractivity contribution in [1.29, 1.82) is 0 Å². The van der Waals surface area contributed by atoms with Gasteiger partial charge in [0, 0.05) is 13.0 Å². The minimum atomic E-state index is -1.96. The van der Waals surface area contributed by atoms with Crippen LogP contribution in [0.15, 0.2) is 18.2 Å². The van der Waals surface area contributed by atoms with E-state index in [0.29, 0.717) is 12.1 Å². The molecule has 0 spiro atoms. The number of hydrogen-bond acceptors (Lipinski definition) is 12. The molecule has 1 aliphatic rings. The first-order valence-corrected chi connectivity index (χ1v) is 15.0. The number of aliphatic hydroxyl groups is 3. The molecule has 17 nitrogen and oxygen atoms in total. The van der Waals surface area contributed by atoms with E-state index in [-0.39, 0.29) is 49.8 Å². The Labute approximate surface area is 266 Å². The van der Waals surface area contributed by atoms with E-state index < -0.39 is 72.6 Å². The highest BCUT2D eigenvalue weighted by molar-refractivity contribution is 5.98. The molecule has 7 atom stereocenters. The fourth-order valence-electron chi connectivity index (χ4n) is 4.52. The van der Waals surface area contributed by atoms with Gasteiger partial charge in [0.25, 0.3) is 0 Å². The summed E-state index contributed by atoms with van der Waals surface area (Å²) < 4.78 is 16.1. The van der Waals surface area contributed by atoms with Gasteiger partial charge in [-0.3, -0.25) is 14.4 Å². The number of nitrogens with two attached hydrogens (primary N) is 1. The van der Waals surface area contributed by atoms with Crippen molar-refractivity contribution in [3.63, 3.8) is 0 Å². The second-order valence-corrected chi connectivity index (χ2v) is 11.0. The normalized spacial score (nSPS) is 22.3. The van der Waals surface area contributed by atoms with E-state index in [0.717, 1.165) is 0 Å². The highest BCUT2D eigenvalue weighted by Crippen LogP contribution is 2.31. The zero-order valence-corrected chi connectivity index (χ0v) is 26.2. The van der Waals surface area contributed by atoms with Gasteiger partial charge in [-0.2, -0.15) is 0 Å². The van der Waals surface area contributed by atoms with Crippen LogP contribution in [0.2, 0.25) is 0 Å². The van der Waals surface area contributed by atoms with Gasteiger partial charge in [-0.25, -0.2) is 9.59 Å². The molecular weight excluding hydrogens is 610 g/mol. The van der Waals surface area contributed by atoms with Crippen LogP contribution in [0.25, 0.3) is 0 Å². The molecule has 0 aromatic heterocycles. The monoisotopic (exact) mass is 655 g/mol. The van der Waals surface area contributed by atoms with Crippen molar-refractivity contribution in [2.75, 3.05) is 18.4 Å². The molecule has 1 heterocycles. The molecule has 1 aromatic carbocycles. The molecule has 1 aromatic rings. The summed E-state index contributed by atoms with van der Waals surface area (Å²) in [5.41, 5.74) is 5.49. The van der Waals surface area contributed by atoms with Crippen molar-refractivity contribution in [2.24, 2.45) is 11.7 Å². The Balaban J connectivity index is 2.40. The number of hydrogen-bond donors (Lipinski definition) is 9. The molecule has 1 aliphatic heterocycles. The van der Waals surface area contributed by atoms with Gasteiger partial charge >= 0.3 is 18.0 Å². The molecule has 1 fully saturated rings. The maximum Gasteiger partial charge on any atom is 0.335 e. The minimum Gasteiger partial charge on any atom is -0.479 e. The lowest BCUT2D eigenvalue weighted by molar-refractivity contribution is -0.271. The number of primary amides is 1. The van der Waals surface area contributed by atoms with E-state index in [1.807, 2.05) is 20.8 Å². The molecule has 258 valence electrons. The Bertz CT molecular complexity index is 1220. The fourth-order valence-corrected chi connectivity index (χ4v) is 4.52. The number of anilines is 1. The number of likely N-dealkylation sites (N-methyl/N-ethyl adjacent to an activating group) is 1. The van der Waals surface area contributed by atoms with Crippen LogP contribution in [0, 0.1) is 5.92 Å². The molecule has 0 radical (unpaired) electrons. The number of ether oxygens (including phenoxy) is 3. The number of benzene rings is 1. The first-order chi connectivity index (χ1) is 21.7. The Morgan fingerprint density at radius 3 is 2.30 bits per heavy atom. The number of urea groups is 1. The molecule has 0 aliphatic carbocycles. The molecule has 10 N–H and O–H groups in total. The van der Waals surface area contributed by atoms with Gasteiger partial charge in [0.05, 0.1) is 11.7 Å². The van der Waals surface area contributed by atoms with Gasteiger partial charge in [-0.1, -0.05) is 33.8 Å². The second kappa shape index (κ2) is 18.2. The Hall–Kier alpha value is -4.03. The Morgan fingerprint density at radius 1 is 1.02 bits per heavy atom. The third-order valence-electron chi connectivity index (χ3n) is 7.02. The maximum atomic E-state index is 13.6. The van der Waals surface area contributed by atoms with Crippen molar-refractivity contribution >= 4 is 35.5 Å². The van der Waals surface area contributed by atoms with Crippen molar-refractivity contribution in [3.05, 3.63) is 23.8 Å². The van der Waals surface area contributed by atoms with Crippen LogP contribution < -0.4 is 31.7 Å². The number of rotatable bonds is 17. The van der Waals surface area contributed by atoms with Crippen LogP contribution in [0.3, 0.4) is 0 Å². The molecule has 17 heteroatoms. The summed E-state index contributed by atoms with van der Waals surface area (Å²) in [6.45, 7) is 7.56. The van der Waals surface area contributed by atoms with E-state index in [2.05, 4.69) is 21.3 Å². The summed E-state index contributed by atoms with van der Waals surface area (Å²) in [7, 11) is 0. The topological polar surface area (TPSA) is 268 Å². The third-order valence-corrected chi connectivity index (χ3v) is 7.02. The molecule has 2 rings (SSSR count). The average molecular weight is 656 g/mol. The molecule has 0 saturated carbocycles. The van der Waals surface area contributed by atoms with Crippen LogP contribution >= 0.6 is 0 Å². The third kappa shape index (κ3) is 11.1. The van der Waals surface area contributed by atoms with Gasteiger partial charge in [0.15, 0.2) is 6.10 Å². The first-order valence-electron chi connectivity index (χ1n) is 15.0. The molecule has 46 heavy (non-hydrogen) atoms. The predicted molar refractivity (Wildman–Crippen MR) is 161 cm³/mol. The zero-order chi connectivity index (χ0) is 34.6. The molecule has 0 unspecified atom stereocenters. The lowest BCUT2D eigenvalue weighted by atomic mass is 9.99.